The van der Waals surface area contributed by atoms with Crippen molar-refractivity contribution in [3.63, 3.8) is 0 Å². The van der Waals surface area contributed by atoms with Crippen molar-refractivity contribution in [2.24, 2.45) is 11.7 Å². The molecule has 0 atom stereocenters. The molecule has 1 aliphatic carbocycles. The Hall–Kier alpha value is -0.0800. The molecule has 0 amide bonds. The molecular formula is C8H17NO. The van der Waals surface area contributed by atoms with Crippen LogP contribution >= 0.6 is 0 Å². The second kappa shape index (κ2) is 3.94. The first-order valence-electron chi connectivity index (χ1n) is 4.14. The van der Waals surface area contributed by atoms with Crippen LogP contribution in [0.4, 0.5) is 0 Å². The molecule has 1 aliphatic rings. The van der Waals surface area contributed by atoms with Crippen molar-refractivity contribution < 1.29 is 4.74 Å². The number of nitrogens with two attached hydrogens (primary N) is 1. The highest BCUT2D eigenvalue weighted by molar-refractivity contribution is 4.69. The number of hydrogen-bond donors (Lipinski definition) is 1. The zero-order valence-corrected chi connectivity index (χ0v) is 6.68. The fourth-order valence-electron chi connectivity index (χ4n) is 1.53. The fraction of sp³-hybridized carbons (Fsp3) is 1.00. The third-order valence-corrected chi connectivity index (χ3v) is 2.29. The van der Waals surface area contributed by atoms with Crippen LogP contribution in [-0.2, 0) is 4.74 Å². The normalized spacial score (nSPS) is 34.2. The van der Waals surface area contributed by atoms with E-state index in [4.69, 9.17) is 10.5 Å². The van der Waals surface area contributed by atoms with Crippen LogP contribution in [0.5, 0.6) is 0 Å². The molecule has 0 aliphatic heterocycles. The molecule has 60 valence electrons. The van der Waals surface area contributed by atoms with E-state index in [1.165, 1.54) is 25.7 Å². The molecule has 0 radical (unpaired) electrons. The van der Waals surface area contributed by atoms with E-state index < -0.39 is 0 Å². The first kappa shape index (κ1) is 8.02. The molecule has 0 unspecified atom stereocenters. The number of hydrogen-bond acceptors (Lipinski definition) is 2. The standard InChI is InChI=1S/C8H17NO/c1-7-2-4-8(5-3-7)10-6-9/h7-8H,2-6,9H2,1H3. The lowest BCUT2D eigenvalue weighted by atomic mass is 9.89. The molecule has 2 N–H and O–H groups in total. The lowest BCUT2D eigenvalue weighted by molar-refractivity contribution is 0.0236. The predicted octanol–water partition coefficient (Wildman–Crippen LogP) is 1.50. The SMILES string of the molecule is CC1CCC(OCN)CC1. The average Bonchev–Trinajstić information content (AvgIpc) is 1.95. The Morgan fingerprint density at radius 3 is 2.40 bits per heavy atom. The molecule has 1 fully saturated rings. The van der Waals surface area contributed by atoms with Gasteiger partial charge in [-0.2, -0.15) is 0 Å². The molecule has 0 spiro atoms. The van der Waals surface area contributed by atoms with Gasteiger partial charge in [-0.25, -0.2) is 0 Å². The summed E-state index contributed by atoms with van der Waals surface area (Å²) in [4.78, 5) is 0. The van der Waals surface area contributed by atoms with Gasteiger partial charge in [0, 0.05) is 0 Å². The van der Waals surface area contributed by atoms with Gasteiger partial charge in [0.15, 0.2) is 0 Å². The van der Waals surface area contributed by atoms with Gasteiger partial charge in [0.2, 0.25) is 0 Å². The van der Waals surface area contributed by atoms with E-state index in [-0.39, 0.29) is 0 Å². The molecule has 2 heteroatoms. The maximum absolute atomic E-state index is 5.31. The molecule has 1 saturated carbocycles. The lowest BCUT2D eigenvalue weighted by Crippen LogP contribution is -2.23. The summed E-state index contributed by atoms with van der Waals surface area (Å²) < 4.78 is 5.31. The van der Waals surface area contributed by atoms with Crippen LogP contribution in [0.25, 0.3) is 0 Å². The van der Waals surface area contributed by atoms with E-state index in [1.54, 1.807) is 0 Å². The molecule has 0 bridgehead atoms. The Balaban J connectivity index is 2.13. The summed E-state index contributed by atoms with van der Waals surface area (Å²) in [6.45, 7) is 2.69. The van der Waals surface area contributed by atoms with Gasteiger partial charge in [-0.3, -0.25) is 0 Å². The van der Waals surface area contributed by atoms with E-state index in [0.717, 1.165) is 5.92 Å². The number of ether oxygens (including phenoxy) is 1. The van der Waals surface area contributed by atoms with Crippen LogP contribution < -0.4 is 5.73 Å². The van der Waals surface area contributed by atoms with Crippen LogP contribution in [0.3, 0.4) is 0 Å². The summed E-state index contributed by atoms with van der Waals surface area (Å²) in [6, 6.07) is 0. The fourth-order valence-corrected chi connectivity index (χ4v) is 1.53. The quantitative estimate of drug-likeness (QED) is 0.594. The third-order valence-electron chi connectivity index (χ3n) is 2.29. The highest BCUT2D eigenvalue weighted by Gasteiger charge is 2.17. The molecule has 0 aromatic carbocycles. The van der Waals surface area contributed by atoms with Crippen LogP contribution in [0.15, 0.2) is 0 Å². The van der Waals surface area contributed by atoms with E-state index >= 15 is 0 Å². The summed E-state index contributed by atoms with van der Waals surface area (Å²) in [7, 11) is 0. The second-order valence-corrected chi connectivity index (χ2v) is 3.22. The molecule has 0 aromatic rings. The molecule has 1 rings (SSSR count). The zero-order valence-electron chi connectivity index (χ0n) is 6.68. The Kier molecular flexibility index (Phi) is 3.16. The molecule has 0 saturated heterocycles. The van der Waals surface area contributed by atoms with Gasteiger partial charge in [-0.05, 0) is 31.6 Å². The average molecular weight is 143 g/mol. The van der Waals surface area contributed by atoms with Crippen molar-refractivity contribution in [1.82, 2.24) is 0 Å². The van der Waals surface area contributed by atoms with E-state index in [1.807, 2.05) is 0 Å². The van der Waals surface area contributed by atoms with Crippen molar-refractivity contribution in [2.75, 3.05) is 6.73 Å². The highest BCUT2D eigenvalue weighted by Crippen LogP contribution is 2.24. The summed E-state index contributed by atoms with van der Waals surface area (Å²) in [6.07, 6.45) is 5.49. The predicted molar refractivity (Wildman–Crippen MR) is 41.6 cm³/mol. The third kappa shape index (κ3) is 2.27. The summed E-state index contributed by atoms with van der Waals surface area (Å²) >= 11 is 0. The Morgan fingerprint density at radius 1 is 1.30 bits per heavy atom. The van der Waals surface area contributed by atoms with Crippen LogP contribution in [0.2, 0.25) is 0 Å². The molecule has 0 heterocycles. The maximum Gasteiger partial charge on any atom is 0.0944 e. The summed E-state index contributed by atoms with van der Waals surface area (Å²) in [5, 5.41) is 0. The van der Waals surface area contributed by atoms with Gasteiger partial charge in [0.05, 0.1) is 12.8 Å². The molecule has 0 aromatic heterocycles. The van der Waals surface area contributed by atoms with Gasteiger partial charge < -0.3 is 10.5 Å². The minimum absolute atomic E-state index is 0.388. The largest absolute Gasteiger partial charge is 0.363 e. The van der Waals surface area contributed by atoms with Crippen LogP contribution in [0, 0.1) is 5.92 Å². The maximum atomic E-state index is 5.31. The lowest BCUT2D eigenvalue weighted by Gasteiger charge is -2.25. The highest BCUT2D eigenvalue weighted by atomic mass is 16.5. The second-order valence-electron chi connectivity index (χ2n) is 3.22. The first-order chi connectivity index (χ1) is 4.83. The topological polar surface area (TPSA) is 35.2 Å². The zero-order chi connectivity index (χ0) is 7.40. The monoisotopic (exact) mass is 143 g/mol. The molecule has 2 nitrogen and oxygen atoms in total. The Labute approximate surface area is 62.7 Å². The van der Waals surface area contributed by atoms with Gasteiger partial charge in [0.25, 0.3) is 0 Å². The van der Waals surface area contributed by atoms with Gasteiger partial charge >= 0.3 is 0 Å². The minimum atomic E-state index is 0.388. The van der Waals surface area contributed by atoms with Crippen LogP contribution in [-0.4, -0.2) is 12.8 Å². The Bertz CT molecular complexity index is 87.3. The molecular weight excluding hydrogens is 126 g/mol. The first-order valence-corrected chi connectivity index (χ1v) is 4.14. The summed E-state index contributed by atoms with van der Waals surface area (Å²) in [5.41, 5.74) is 5.27. The molecule has 10 heavy (non-hydrogen) atoms. The number of rotatable bonds is 2. The van der Waals surface area contributed by atoms with Gasteiger partial charge in [-0.15, -0.1) is 0 Å². The minimum Gasteiger partial charge on any atom is -0.363 e. The van der Waals surface area contributed by atoms with Crippen molar-refractivity contribution >= 4 is 0 Å². The Morgan fingerprint density at radius 2 is 1.90 bits per heavy atom. The van der Waals surface area contributed by atoms with Gasteiger partial charge in [0.1, 0.15) is 0 Å². The smallest absolute Gasteiger partial charge is 0.0944 e. The summed E-state index contributed by atoms with van der Waals surface area (Å²) in [5.74, 6) is 0.901. The van der Waals surface area contributed by atoms with Crippen molar-refractivity contribution in [2.45, 2.75) is 38.7 Å². The van der Waals surface area contributed by atoms with Crippen molar-refractivity contribution in [3.8, 4) is 0 Å². The van der Waals surface area contributed by atoms with Crippen LogP contribution in [0.1, 0.15) is 32.6 Å². The van der Waals surface area contributed by atoms with Gasteiger partial charge in [-0.1, -0.05) is 6.92 Å². The van der Waals surface area contributed by atoms with E-state index in [0.29, 0.717) is 12.8 Å². The van der Waals surface area contributed by atoms with Crippen molar-refractivity contribution in [1.29, 1.82) is 0 Å². The van der Waals surface area contributed by atoms with E-state index in [2.05, 4.69) is 6.92 Å². The van der Waals surface area contributed by atoms with Crippen molar-refractivity contribution in [3.05, 3.63) is 0 Å². The van der Waals surface area contributed by atoms with E-state index in [9.17, 15) is 0 Å².